The van der Waals surface area contributed by atoms with Gasteiger partial charge in [-0.2, -0.15) is 0 Å². The molecule has 1 saturated heterocycles. The Hall–Kier alpha value is -1.69. The van der Waals surface area contributed by atoms with E-state index in [-0.39, 0.29) is 11.8 Å². The third-order valence-electron chi connectivity index (χ3n) is 4.16. The Bertz CT molecular complexity index is 701. The maximum atomic E-state index is 10.0. The molecular formula is C18H22ClN3O2. The zero-order valence-corrected chi connectivity index (χ0v) is 14.3. The normalized spacial score (nSPS) is 17.8. The summed E-state index contributed by atoms with van der Waals surface area (Å²) in [5.74, 6) is 0. The molecule has 128 valence electrons. The highest BCUT2D eigenvalue weighted by molar-refractivity contribution is 6.69. The number of piperidine rings is 1. The maximum Gasteiger partial charge on any atom is 0.177 e. The van der Waals surface area contributed by atoms with Crippen molar-refractivity contribution in [3.8, 4) is 0 Å². The number of likely N-dealkylation sites (tertiary alicyclic amines) is 1. The topological polar surface area (TPSA) is 58.0 Å². The molecule has 24 heavy (non-hydrogen) atoms. The monoisotopic (exact) mass is 347 g/mol. The zero-order valence-electron chi connectivity index (χ0n) is 13.6. The van der Waals surface area contributed by atoms with E-state index in [2.05, 4.69) is 15.0 Å². The van der Waals surface area contributed by atoms with E-state index in [0.29, 0.717) is 12.1 Å². The molecule has 0 bridgehead atoms. The first-order valence-electron chi connectivity index (χ1n) is 8.33. The molecule has 1 aliphatic rings. The van der Waals surface area contributed by atoms with E-state index >= 15 is 0 Å². The summed E-state index contributed by atoms with van der Waals surface area (Å²) in [5.41, 5.74) is 1.60. The Kier molecular flexibility index (Phi) is 6.01. The van der Waals surface area contributed by atoms with Crippen molar-refractivity contribution in [2.45, 2.75) is 25.4 Å². The summed E-state index contributed by atoms with van der Waals surface area (Å²) in [6.07, 6.45) is 4.79. The quantitative estimate of drug-likeness (QED) is 0.644. The first-order valence-corrected chi connectivity index (χ1v) is 8.71. The Labute approximate surface area is 146 Å². The van der Waals surface area contributed by atoms with Crippen molar-refractivity contribution in [2.75, 3.05) is 26.2 Å². The van der Waals surface area contributed by atoms with Crippen LogP contribution in [0.25, 0.3) is 10.9 Å². The number of benzene rings is 1. The van der Waals surface area contributed by atoms with Gasteiger partial charge in [-0.1, -0.05) is 41.4 Å². The molecule has 2 aromatic rings. The summed E-state index contributed by atoms with van der Waals surface area (Å²) in [4.78, 5) is 11.8. The third kappa shape index (κ3) is 4.66. The van der Waals surface area contributed by atoms with Gasteiger partial charge in [0.2, 0.25) is 0 Å². The van der Waals surface area contributed by atoms with Gasteiger partial charge in [-0.3, -0.25) is 4.98 Å². The molecule has 6 heteroatoms. The maximum absolute atomic E-state index is 10.0. The molecule has 1 atom stereocenters. The number of rotatable bonds is 6. The average Bonchev–Trinajstić information content (AvgIpc) is 2.62. The molecule has 0 saturated carbocycles. The molecular weight excluding hydrogens is 326 g/mol. The molecule has 0 amide bonds. The van der Waals surface area contributed by atoms with Crippen LogP contribution < -0.4 is 0 Å². The lowest BCUT2D eigenvalue weighted by molar-refractivity contribution is 0.0161. The number of β-amino-alcohol motifs (C(OH)–C–C–N with tert-alkyl or cyclic N) is 1. The molecule has 1 aromatic carbocycles. The van der Waals surface area contributed by atoms with E-state index in [4.69, 9.17) is 16.4 Å². The lowest BCUT2D eigenvalue weighted by Gasteiger charge is -2.27. The minimum Gasteiger partial charge on any atom is -0.392 e. The van der Waals surface area contributed by atoms with E-state index in [1.54, 1.807) is 6.20 Å². The van der Waals surface area contributed by atoms with Crippen molar-refractivity contribution < 1.29 is 9.94 Å². The molecule has 0 aliphatic carbocycles. The standard InChI is InChI=1S/C18H22ClN3O2/c19-18(15-10-14-6-2-3-7-17(14)20-11-15)21-24-13-16(23)12-22-8-4-1-5-9-22/h2-3,6-7,10-11,16,23H,1,4-5,8-9,12-13H2/b21-18-. The van der Waals surface area contributed by atoms with E-state index in [9.17, 15) is 5.11 Å². The second-order valence-electron chi connectivity index (χ2n) is 6.11. The molecule has 0 radical (unpaired) electrons. The predicted molar refractivity (Wildman–Crippen MR) is 96.4 cm³/mol. The Morgan fingerprint density at radius 2 is 2.08 bits per heavy atom. The van der Waals surface area contributed by atoms with Gasteiger partial charge in [-0.15, -0.1) is 0 Å². The van der Waals surface area contributed by atoms with Crippen LogP contribution in [-0.4, -0.2) is 52.5 Å². The van der Waals surface area contributed by atoms with Crippen LogP contribution in [0.5, 0.6) is 0 Å². The smallest absolute Gasteiger partial charge is 0.177 e. The lowest BCUT2D eigenvalue weighted by Crippen LogP contribution is -2.38. The fourth-order valence-electron chi connectivity index (χ4n) is 2.91. The first kappa shape index (κ1) is 17.1. The second-order valence-corrected chi connectivity index (χ2v) is 6.47. The van der Waals surface area contributed by atoms with Crippen LogP contribution in [0, 0.1) is 0 Å². The fourth-order valence-corrected chi connectivity index (χ4v) is 3.06. The Morgan fingerprint density at radius 3 is 2.92 bits per heavy atom. The zero-order chi connectivity index (χ0) is 16.8. The van der Waals surface area contributed by atoms with Crippen LogP contribution in [0.3, 0.4) is 0 Å². The number of para-hydroxylation sites is 1. The van der Waals surface area contributed by atoms with Gasteiger partial charge in [0, 0.05) is 23.7 Å². The number of hydrogen-bond donors (Lipinski definition) is 1. The van der Waals surface area contributed by atoms with E-state index in [1.165, 1.54) is 19.3 Å². The fraction of sp³-hybridized carbons (Fsp3) is 0.444. The van der Waals surface area contributed by atoms with Gasteiger partial charge in [0.05, 0.1) is 5.52 Å². The third-order valence-corrected chi connectivity index (χ3v) is 4.45. The minimum absolute atomic E-state index is 0.133. The van der Waals surface area contributed by atoms with Crippen molar-refractivity contribution in [3.63, 3.8) is 0 Å². The summed E-state index contributed by atoms with van der Waals surface area (Å²) >= 11 is 6.17. The highest BCUT2D eigenvalue weighted by atomic mass is 35.5. The van der Waals surface area contributed by atoms with Crippen molar-refractivity contribution in [2.24, 2.45) is 5.16 Å². The number of aliphatic hydroxyl groups excluding tert-OH is 1. The van der Waals surface area contributed by atoms with Gasteiger partial charge in [0.25, 0.3) is 0 Å². The summed E-state index contributed by atoms with van der Waals surface area (Å²) in [6, 6.07) is 9.72. The lowest BCUT2D eigenvalue weighted by atomic mass is 10.1. The van der Waals surface area contributed by atoms with Crippen LogP contribution >= 0.6 is 11.6 Å². The predicted octanol–water partition coefficient (Wildman–Crippen LogP) is 3.00. The van der Waals surface area contributed by atoms with Crippen molar-refractivity contribution in [1.29, 1.82) is 0 Å². The average molecular weight is 348 g/mol. The molecule has 3 rings (SSSR count). The molecule has 2 heterocycles. The summed E-state index contributed by atoms with van der Waals surface area (Å²) in [6.45, 7) is 2.84. The molecule has 1 unspecified atom stereocenters. The summed E-state index contributed by atoms with van der Waals surface area (Å²) in [5, 5.41) is 15.2. The largest absolute Gasteiger partial charge is 0.392 e. The van der Waals surface area contributed by atoms with Crippen molar-refractivity contribution in [3.05, 3.63) is 42.1 Å². The van der Waals surface area contributed by atoms with Gasteiger partial charge < -0.3 is 14.8 Å². The number of oxime groups is 1. The first-order chi connectivity index (χ1) is 11.7. The van der Waals surface area contributed by atoms with Crippen LogP contribution in [0.2, 0.25) is 0 Å². The summed E-state index contributed by atoms with van der Waals surface area (Å²) < 4.78 is 0. The summed E-state index contributed by atoms with van der Waals surface area (Å²) in [7, 11) is 0. The van der Waals surface area contributed by atoms with Crippen LogP contribution in [-0.2, 0) is 4.84 Å². The number of hydrogen-bond acceptors (Lipinski definition) is 5. The van der Waals surface area contributed by atoms with E-state index < -0.39 is 6.10 Å². The molecule has 0 spiro atoms. The highest BCUT2D eigenvalue weighted by Gasteiger charge is 2.15. The van der Waals surface area contributed by atoms with Gasteiger partial charge in [0.15, 0.2) is 5.17 Å². The highest BCUT2D eigenvalue weighted by Crippen LogP contribution is 2.15. The van der Waals surface area contributed by atoms with E-state index in [1.807, 2.05) is 30.3 Å². The van der Waals surface area contributed by atoms with Crippen LogP contribution in [0.15, 0.2) is 41.7 Å². The molecule has 1 aliphatic heterocycles. The van der Waals surface area contributed by atoms with Crippen LogP contribution in [0.4, 0.5) is 0 Å². The Morgan fingerprint density at radius 1 is 1.29 bits per heavy atom. The Balaban J connectivity index is 1.53. The molecule has 1 fully saturated rings. The van der Waals surface area contributed by atoms with Gasteiger partial charge >= 0.3 is 0 Å². The molecule has 1 aromatic heterocycles. The second kappa shape index (κ2) is 8.42. The van der Waals surface area contributed by atoms with Crippen molar-refractivity contribution >= 4 is 27.7 Å². The number of aliphatic hydroxyl groups is 1. The van der Waals surface area contributed by atoms with E-state index in [0.717, 1.165) is 24.0 Å². The molecule has 5 nitrogen and oxygen atoms in total. The van der Waals surface area contributed by atoms with Gasteiger partial charge in [-0.05, 0) is 38.1 Å². The molecule has 1 N–H and O–H groups in total. The van der Waals surface area contributed by atoms with Crippen LogP contribution in [0.1, 0.15) is 24.8 Å². The van der Waals surface area contributed by atoms with Gasteiger partial charge in [-0.25, -0.2) is 0 Å². The SMILES string of the molecule is OC(CO/N=C(\Cl)c1cnc2ccccc2c1)CN1CCCCC1. The van der Waals surface area contributed by atoms with Crippen molar-refractivity contribution in [1.82, 2.24) is 9.88 Å². The minimum atomic E-state index is -0.564. The number of pyridine rings is 1. The number of nitrogens with zero attached hydrogens (tertiary/aromatic N) is 3. The number of halogens is 1. The number of aromatic nitrogens is 1. The van der Waals surface area contributed by atoms with Gasteiger partial charge in [0.1, 0.15) is 12.7 Å². The number of fused-ring (bicyclic) bond motifs is 1.